The van der Waals surface area contributed by atoms with Gasteiger partial charge in [-0.25, -0.2) is 4.68 Å². The van der Waals surface area contributed by atoms with Gasteiger partial charge in [0.1, 0.15) is 0 Å². The third kappa shape index (κ3) is 2.16. The van der Waals surface area contributed by atoms with E-state index in [0.717, 1.165) is 16.9 Å². The molecular formula is C14H15BrN2. The summed E-state index contributed by atoms with van der Waals surface area (Å²) in [5.41, 5.74) is 5.04. The highest BCUT2D eigenvalue weighted by Crippen LogP contribution is 2.39. The van der Waals surface area contributed by atoms with Crippen molar-refractivity contribution in [2.45, 2.75) is 31.0 Å². The zero-order valence-electron chi connectivity index (χ0n) is 9.86. The molecule has 3 rings (SSSR count). The number of alkyl halides is 1. The van der Waals surface area contributed by atoms with Gasteiger partial charge in [0.2, 0.25) is 0 Å². The van der Waals surface area contributed by atoms with E-state index in [0.29, 0.717) is 0 Å². The number of benzene rings is 1. The lowest BCUT2D eigenvalue weighted by Gasteiger charge is -2.06. The highest BCUT2D eigenvalue weighted by Gasteiger charge is 2.25. The summed E-state index contributed by atoms with van der Waals surface area (Å²) in [7, 11) is 0. The molecule has 3 heteroatoms. The second-order valence-electron chi connectivity index (χ2n) is 4.70. The molecule has 1 fully saturated rings. The number of hydrogen-bond donors (Lipinski definition) is 0. The fraction of sp³-hybridized carbons (Fsp3) is 0.357. The van der Waals surface area contributed by atoms with Crippen molar-refractivity contribution in [3.63, 3.8) is 0 Å². The molecule has 1 aliphatic carbocycles. The molecule has 2 aromatic rings. The van der Waals surface area contributed by atoms with Crippen molar-refractivity contribution in [2.75, 3.05) is 0 Å². The quantitative estimate of drug-likeness (QED) is 0.783. The third-order valence-corrected chi connectivity index (χ3v) is 3.94. The first-order valence-electron chi connectivity index (χ1n) is 5.99. The predicted molar refractivity (Wildman–Crippen MR) is 72.9 cm³/mol. The van der Waals surface area contributed by atoms with Crippen LogP contribution >= 0.6 is 15.9 Å². The van der Waals surface area contributed by atoms with E-state index in [1.165, 1.54) is 29.7 Å². The average Bonchev–Trinajstić information content (AvgIpc) is 3.07. The number of hydrogen-bond acceptors (Lipinski definition) is 1. The smallest absolute Gasteiger partial charge is 0.0659 e. The Morgan fingerprint density at radius 1 is 1.35 bits per heavy atom. The molecule has 0 unspecified atom stereocenters. The molecule has 0 spiro atoms. The van der Waals surface area contributed by atoms with Crippen LogP contribution in [0.4, 0.5) is 0 Å². The van der Waals surface area contributed by atoms with Crippen molar-refractivity contribution in [1.29, 1.82) is 0 Å². The van der Waals surface area contributed by atoms with Gasteiger partial charge in [-0.2, -0.15) is 5.10 Å². The topological polar surface area (TPSA) is 17.8 Å². The van der Waals surface area contributed by atoms with Crippen molar-refractivity contribution < 1.29 is 0 Å². The maximum absolute atomic E-state index is 4.64. The summed E-state index contributed by atoms with van der Waals surface area (Å²) < 4.78 is 1.98. The summed E-state index contributed by atoms with van der Waals surface area (Å²) >= 11 is 3.50. The molecule has 1 aromatic carbocycles. The SMILES string of the molecule is Cc1cc(-n2ccc(C3CC3)n2)ccc1CBr. The predicted octanol–water partition coefficient (Wildman–Crippen LogP) is 3.95. The summed E-state index contributed by atoms with van der Waals surface area (Å²) in [6.07, 6.45) is 4.67. The molecule has 0 N–H and O–H groups in total. The minimum Gasteiger partial charge on any atom is -0.241 e. The van der Waals surface area contributed by atoms with Gasteiger partial charge in [0.15, 0.2) is 0 Å². The molecule has 1 aliphatic rings. The van der Waals surface area contributed by atoms with E-state index in [1.54, 1.807) is 0 Å². The van der Waals surface area contributed by atoms with Gasteiger partial charge in [-0.05, 0) is 49.1 Å². The largest absolute Gasteiger partial charge is 0.241 e. The van der Waals surface area contributed by atoms with Crippen LogP contribution in [0, 0.1) is 6.92 Å². The van der Waals surface area contributed by atoms with Crippen LogP contribution in [0.1, 0.15) is 35.6 Å². The minimum absolute atomic E-state index is 0.721. The Morgan fingerprint density at radius 2 is 2.18 bits per heavy atom. The summed E-state index contributed by atoms with van der Waals surface area (Å²) in [6.45, 7) is 2.14. The van der Waals surface area contributed by atoms with Crippen LogP contribution < -0.4 is 0 Å². The van der Waals surface area contributed by atoms with Gasteiger partial charge in [0.25, 0.3) is 0 Å². The Labute approximate surface area is 110 Å². The Bertz CT molecular complexity index is 541. The molecule has 0 aliphatic heterocycles. The molecule has 17 heavy (non-hydrogen) atoms. The molecule has 0 saturated heterocycles. The number of halogens is 1. The van der Waals surface area contributed by atoms with Gasteiger partial charge in [-0.3, -0.25) is 0 Å². The van der Waals surface area contributed by atoms with E-state index < -0.39 is 0 Å². The van der Waals surface area contributed by atoms with E-state index in [1.807, 2.05) is 4.68 Å². The lowest BCUT2D eigenvalue weighted by Crippen LogP contribution is -1.97. The van der Waals surface area contributed by atoms with Crippen molar-refractivity contribution in [3.05, 3.63) is 47.3 Å². The number of rotatable bonds is 3. The van der Waals surface area contributed by atoms with E-state index in [4.69, 9.17) is 0 Å². The second kappa shape index (κ2) is 4.30. The van der Waals surface area contributed by atoms with Crippen LogP contribution in [0.5, 0.6) is 0 Å². The maximum Gasteiger partial charge on any atom is 0.0659 e. The Hall–Kier alpha value is -1.09. The van der Waals surface area contributed by atoms with Gasteiger partial charge >= 0.3 is 0 Å². The summed E-state index contributed by atoms with van der Waals surface area (Å²) in [4.78, 5) is 0. The molecule has 1 saturated carbocycles. The second-order valence-corrected chi connectivity index (χ2v) is 5.26. The first-order valence-corrected chi connectivity index (χ1v) is 7.11. The Kier molecular flexibility index (Phi) is 2.79. The molecule has 0 radical (unpaired) electrons. The van der Waals surface area contributed by atoms with Crippen LogP contribution in [-0.2, 0) is 5.33 Å². The molecule has 0 amide bonds. The number of nitrogens with zero attached hydrogens (tertiary/aromatic N) is 2. The van der Waals surface area contributed by atoms with Crippen LogP contribution in [0.15, 0.2) is 30.5 Å². The molecule has 2 nitrogen and oxygen atoms in total. The van der Waals surface area contributed by atoms with Gasteiger partial charge in [0.05, 0.1) is 11.4 Å². The van der Waals surface area contributed by atoms with E-state index in [2.05, 4.69) is 58.4 Å². The van der Waals surface area contributed by atoms with Gasteiger partial charge in [-0.15, -0.1) is 0 Å². The average molecular weight is 291 g/mol. The van der Waals surface area contributed by atoms with Crippen molar-refractivity contribution in [1.82, 2.24) is 9.78 Å². The molecule has 1 heterocycles. The van der Waals surface area contributed by atoms with Crippen molar-refractivity contribution >= 4 is 15.9 Å². The van der Waals surface area contributed by atoms with Crippen LogP contribution in [0.2, 0.25) is 0 Å². The zero-order chi connectivity index (χ0) is 11.8. The zero-order valence-corrected chi connectivity index (χ0v) is 11.4. The fourth-order valence-electron chi connectivity index (χ4n) is 2.05. The summed E-state index contributed by atoms with van der Waals surface area (Å²) in [5.74, 6) is 0.721. The van der Waals surface area contributed by atoms with Crippen molar-refractivity contribution in [3.8, 4) is 5.69 Å². The standard InChI is InChI=1S/C14H15BrN2/c1-10-8-13(5-4-12(10)9-15)17-7-6-14(16-17)11-2-3-11/h4-8,11H,2-3,9H2,1H3. The summed E-state index contributed by atoms with van der Waals surface area (Å²) in [6, 6.07) is 8.64. The van der Waals surface area contributed by atoms with E-state index in [-0.39, 0.29) is 0 Å². The van der Waals surface area contributed by atoms with E-state index >= 15 is 0 Å². The first-order chi connectivity index (χ1) is 8.28. The number of aromatic nitrogens is 2. The normalized spacial score (nSPS) is 15.2. The molecule has 0 atom stereocenters. The maximum atomic E-state index is 4.64. The highest BCUT2D eigenvalue weighted by molar-refractivity contribution is 9.08. The summed E-state index contributed by atoms with van der Waals surface area (Å²) in [5, 5.41) is 5.55. The Balaban J connectivity index is 1.93. The highest BCUT2D eigenvalue weighted by atomic mass is 79.9. The molecule has 88 valence electrons. The number of aryl methyl sites for hydroxylation is 1. The molecule has 0 bridgehead atoms. The van der Waals surface area contributed by atoms with Crippen LogP contribution in [-0.4, -0.2) is 9.78 Å². The third-order valence-electron chi connectivity index (χ3n) is 3.34. The fourth-order valence-corrected chi connectivity index (χ4v) is 2.68. The van der Waals surface area contributed by atoms with Gasteiger partial charge in [0, 0.05) is 17.4 Å². The Morgan fingerprint density at radius 3 is 2.82 bits per heavy atom. The molecule has 1 aromatic heterocycles. The first kappa shape index (κ1) is 11.0. The van der Waals surface area contributed by atoms with Crippen molar-refractivity contribution in [2.24, 2.45) is 0 Å². The lowest BCUT2D eigenvalue weighted by molar-refractivity contribution is 0.836. The monoisotopic (exact) mass is 290 g/mol. The molecular weight excluding hydrogens is 276 g/mol. The van der Waals surface area contributed by atoms with Gasteiger partial charge in [-0.1, -0.05) is 22.0 Å². The minimum atomic E-state index is 0.721. The van der Waals surface area contributed by atoms with Crippen LogP contribution in [0.25, 0.3) is 5.69 Å². The van der Waals surface area contributed by atoms with Crippen LogP contribution in [0.3, 0.4) is 0 Å². The van der Waals surface area contributed by atoms with E-state index in [9.17, 15) is 0 Å². The van der Waals surface area contributed by atoms with Gasteiger partial charge < -0.3 is 0 Å². The lowest BCUT2D eigenvalue weighted by atomic mass is 10.1.